The number of benzene rings is 1. The van der Waals surface area contributed by atoms with Gasteiger partial charge in [0.2, 0.25) is 0 Å². The number of amidine groups is 1. The number of nitrogens with two attached hydrogens (primary N) is 1. The molecular formula is C16H26N4O. The van der Waals surface area contributed by atoms with Gasteiger partial charge in [-0.1, -0.05) is 35.0 Å². The smallest absolute Gasteiger partial charge is 0.159 e. The molecule has 1 heterocycles. The van der Waals surface area contributed by atoms with Gasteiger partial charge in [-0.2, -0.15) is 0 Å². The van der Waals surface area contributed by atoms with E-state index in [4.69, 9.17) is 10.9 Å². The van der Waals surface area contributed by atoms with Crippen molar-refractivity contribution >= 4 is 5.84 Å². The maximum Gasteiger partial charge on any atom is 0.159 e. The van der Waals surface area contributed by atoms with Crippen LogP contribution in [0.1, 0.15) is 25.0 Å². The molecule has 0 atom stereocenters. The fourth-order valence-corrected chi connectivity index (χ4v) is 2.70. The van der Waals surface area contributed by atoms with Crippen molar-refractivity contribution in [2.45, 2.75) is 32.9 Å². The lowest BCUT2D eigenvalue weighted by Crippen LogP contribution is -2.59. The molecule has 0 spiro atoms. The molecule has 0 amide bonds. The van der Waals surface area contributed by atoms with E-state index in [9.17, 15) is 0 Å². The van der Waals surface area contributed by atoms with Gasteiger partial charge in [0.25, 0.3) is 0 Å². The molecule has 1 aliphatic heterocycles. The van der Waals surface area contributed by atoms with E-state index in [1.54, 1.807) is 0 Å². The summed E-state index contributed by atoms with van der Waals surface area (Å²) in [6.07, 6.45) is 0. The van der Waals surface area contributed by atoms with Gasteiger partial charge in [0.05, 0.1) is 5.54 Å². The fraction of sp³-hybridized carbons (Fsp3) is 0.562. The second-order valence-electron chi connectivity index (χ2n) is 6.29. The van der Waals surface area contributed by atoms with E-state index >= 15 is 0 Å². The van der Waals surface area contributed by atoms with Crippen molar-refractivity contribution in [3.05, 3.63) is 35.4 Å². The lowest BCUT2D eigenvalue weighted by molar-refractivity contribution is 0.0794. The summed E-state index contributed by atoms with van der Waals surface area (Å²) in [6.45, 7) is 10.9. The minimum absolute atomic E-state index is 0.273. The van der Waals surface area contributed by atoms with Crippen molar-refractivity contribution in [1.29, 1.82) is 0 Å². The molecule has 5 heteroatoms. The Balaban J connectivity index is 1.90. The van der Waals surface area contributed by atoms with E-state index in [2.05, 4.69) is 46.1 Å². The lowest BCUT2D eigenvalue weighted by Gasteiger charge is -2.43. The van der Waals surface area contributed by atoms with Crippen LogP contribution in [-0.4, -0.2) is 52.6 Å². The van der Waals surface area contributed by atoms with Crippen molar-refractivity contribution in [2.75, 3.05) is 26.2 Å². The maximum atomic E-state index is 8.90. The Morgan fingerprint density at radius 1 is 1.19 bits per heavy atom. The Morgan fingerprint density at radius 2 is 1.76 bits per heavy atom. The van der Waals surface area contributed by atoms with Crippen molar-refractivity contribution in [1.82, 2.24) is 9.80 Å². The van der Waals surface area contributed by atoms with Crippen LogP contribution in [0.5, 0.6) is 0 Å². The zero-order valence-corrected chi connectivity index (χ0v) is 13.2. The van der Waals surface area contributed by atoms with Crippen LogP contribution in [0.25, 0.3) is 0 Å². The molecule has 116 valence electrons. The van der Waals surface area contributed by atoms with Gasteiger partial charge in [-0.05, 0) is 26.3 Å². The van der Waals surface area contributed by atoms with E-state index in [0.29, 0.717) is 0 Å². The third-order valence-electron chi connectivity index (χ3n) is 4.42. The van der Waals surface area contributed by atoms with Crippen LogP contribution < -0.4 is 5.73 Å². The number of hydrogen-bond acceptors (Lipinski definition) is 4. The van der Waals surface area contributed by atoms with Gasteiger partial charge in [0.1, 0.15) is 0 Å². The predicted octanol–water partition coefficient (Wildman–Crippen LogP) is 1.64. The topological polar surface area (TPSA) is 65.1 Å². The molecule has 1 aromatic carbocycles. The van der Waals surface area contributed by atoms with Crippen LogP contribution in [0.2, 0.25) is 0 Å². The molecule has 5 nitrogen and oxygen atoms in total. The summed E-state index contributed by atoms with van der Waals surface area (Å²) in [4.78, 5) is 4.72. The van der Waals surface area contributed by atoms with Gasteiger partial charge in [0, 0.05) is 32.7 Å². The molecule has 0 radical (unpaired) electrons. The highest BCUT2D eigenvalue weighted by atomic mass is 16.4. The first-order valence-electron chi connectivity index (χ1n) is 7.44. The lowest BCUT2D eigenvalue weighted by atomic mass is 10.00. The number of piperazine rings is 1. The summed E-state index contributed by atoms with van der Waals surface area (Å²) < 4.78 is 0. The Kier molecular flexibility index (Phi) is 4.85. The first-order chi connectivity index (χ1) is 9.93. The van der Waals surface area contributed by atoms with Crippen molar-refractivity contribution in [3.8, 4) is 0 Å². The number of oxime groups is 1. The quantitative estimate of drug-likeness (QED) is 0.383. The largest absolute Gasteiger partial charge is 0.409 e. The summed E-state index contributed by atoms with van der Waals surface area (Å²) in [5.74, 6) is 0.273. The SMILES string of the molecule is Cc1ccc(CN2CCN(C(C)(C)C(N)=NO)CC2)cc1. The van der Waals surface area contributed by atoms with Crippen LogP contribution in [0.15, 0.2) is 29.4 Å². The van der Waals surface area contributed by atoms with Gasteiger partial charge in [-0.15, -0.1) is 0 Å². The molecule has 0 aliphatic carbocycles. The van der Waals surface area contributed by atoms with E-state index in [-0.39, 0.29) is 5.84 Å². The first kappa shape index (κ1) is 15.8. The molecule has 21 heavy (non-hydrogen) atoms. The summed E-state index contributed by atoms with van der Waals surface area (Å²) in [5, 5.41) is 12.1. The maximum absolute atomic E-state index is 8.90. The highest BCUT2D eigenvalue weighted by Crippen LogP contribution is 2.18. The third kappa shape index (κ3) is 3.74. The molecule has 0 unspecified atom stereocenters. The molecular weight excluding hydrogens is 264 g/mol. The second-order valence-corrected chi connectivity index (χ2v) is 6.29. The molecule has 0 bridgehead atoms. The number of hydrogen-bond donors (Lipinski definition) is 2. The van der Waals surface area contributed by atoms with Crippen molar-refractivity contribution in [3.63, 3.8) is 0 Å². The molecule has 1 aliphatic rings. The second kappa shape index (κ2) is 6.45. The van der Waals surface area contributed by atoms with E-state index in [1.165, 1.54) is 11.1 Å². The Bertz CT molecular complexity index is 488. The highest BCUT2D eigenvalue weighted by Gasteiger charge is 2.33. The van der Waals surface area contributed by atoms with Gasteiger partial charge in [-0.25, -0.2) is 0 Å². The molecule has 2 rings (SSSR count). The summed E-state index contributed by atoms with van der Waals surface area (Å²) >= 11 is 0. The summed E-state index contributed by atoms with van der Waals surface area (Å²) in [7, 11) is 0. The normalized spacial score (nSPS) is 18.9. The zero-order chi connectivity index (χ0) is 15.5. The van der Waals surface area contributed by atoms with Crippen LogP contribution >= 0.6 is 0 Å². The molecule has 1 saturated heterocycles. The molecule has 3 N–H and O–H groups in total. The summed E-state index contributed by atoms with van der Waals surface area (Å²) in [6, 6.07) is 8.71. The predicted molar refractivity (Wildman–Crippen MR) is 85.5 cm³/mol. The van der Waals surface area contributed by atoms with Gasteiger partial charge < -0.3 is 10.9 Å². The average Bonchev–Trinajstić information content (AvgIpc) is 2.49. The standard InChI is InChI=1S/C16H26N4O/c1-13-4-6-14(7-5-13)12-19-8-10-20(11-9-19)16(2,3)15(17)18-21/h4-7,21H,8-12H2,1-3H3,(H2,17,18). The summed E-state index contributed by atoms with van der Waals surface area (Å²) in [5.41, 5.74) is 8.05. The minimum atomic E-state index is -0.398. The highest BCUT2D eigenvalue weighted by molar-refractivity contribution is 5.88. The third-order valence-corrected chi connectivity index (χ3v) is 4.42. The van der Waals surface area contributed by atoms with E-state index in [1.807, 2.05) is 13.8 Å². The van der Waals surface area contributed by atoms with Gasteiger partial charge >= 0.3 is 0 Å². The van der Waals surface area contributed by atoms with Gasteiger partial charge in [0.15, 0.2) is 5.84 Å². The zero-order valence-electron chi connectivity index (χ0n) is 13.2. The minimum Gasteiger partial charge on any atom is -0.409 e. The van der Waals surface area contributed by atoms with Crippen molar-refractivity contribution < 1.29 is 5.21 Å². The Labute approximate surface area is 127 Å². The number of aryl methyl sites for hydroxylation is 1. The van der Waals surface area contributed by atoms with Crippen molar-refractivity contribution in [2.24, 2.45) is 10.9 Å². The Hall–Kier alpha value is -1.59. The molecule has 1 aromatic rings. The van der Waals surface area contributed by atoms with Crippen LogP contribution in [0.3, 0.4) is 0 Å². The van der Waals surface area contributed by atoms with Gasteiger partial charge in [-0.3, -0.25) is 9.80 Å². The monoisotopic (exact) mass is 290 g/mol. The Morgan fingerprint density at radius 3 is 2.29 bits per heavy atom. The fourth-order valence-electron chi connectivity index (χ4n) is 2.70. The van der Waals surface area contributed by atoms with E-state index < -0.39 is 5.54 Å². The van der Waals surface area contributed by atoms with Crippen LogP contribution in [-0.2, 0) is 6.54 Å². The molecule has 0 aromatic heterocycles. The average molecular weight is 290 g/mol. The first-order valence-corrected chi connectivity index (χ1v) is 7.44. The number of nitrogens with zero attached hydrogens (tertiary/aromatic N) is 3. The van der Waals surface area contributed by atoms with E-state index in [0.717, 1.165) is 32.7 Å². The molecule has 1 fully saturated rings. The molecule has 0 saturated carbocycles. The number of rotatable bonds is 4. The van der Waals surface area contributed by atoms with Crippen LogP contribution in [0, 0.1) is 6.92 Å². The van der Waals surface area contributed by atoms with Crippen LogP contribution in [0.4, 0.5) is 0 Å².